The second-order valence-electron chi connectivity index (χ2n) is 5.47. The largest absolute Gasteiger partial charge is 0.475 e. The van der Waals surface area contributed by atoms with E-state index in [4.69, 9.17) is 9.47 Å². The Labute approximate surface area is 115 Å². The molecule has 0 saturated heterocycles. The van der Waals surface area contributed by atoms with Gasteiger partial charge in [0.2, 0.25) is 5.88 Å². The van der Waals surface area contributed by atoms with Gasteiger partial charge in [0.05, 0.1) is 6.61 Å². The molecule has 0 atom stereocenters. The normalized spacial score (nSPS) is 11.4. The van der Waals surface area contributed by atoms with Crippen molar-refractivity contribution in [2.45, 2.75) is 46.1 Å². The van der Waals surface area contributed by atoms with Crippen LogP contribution < -0.4 is 10.1 Å². The smallest absolute Gasteiger partial charge is 0.218 e. The van der Waals surface area contributed by atoms with E-state index in [1.165, 1.54) is 0 Å². The van der Waals surface area contributed by atoms with Crippen molar-refractivity contribution in [1.29, 1.82) is 0 Å². The highest BCUT2D eigenvalue weighted by molar-refractivity contribution is 5.40. The second-order valence-corrected chi connectivity index (χ2v) is 5.47. The van der Waals surface area contributed by atoms with Crippen molar-refractivity contribution in [3.8, 4) is 5.88 Å². The molecule has 1 heterocycles. The van der Waals surface area contributed by atoms with Crippen LogP contribution >= 0.6 is 0 Å². The maximum absolute atomic E-state index is 5.57. The van der Waals surface area contributed by atoms with Crippen LogP contribution in [0.4, 0.5) is 5.82 Å². The van der Waals surface area contributed by atoms with Gasteiger partial charge in [0.1, 0.15) is 18.2 Å². The minimum absolute atomic E-state index is 0.0400. The molecule has 0 spiro atoms. The summed E-state index contributed by atoms with van der Waals surface area (Å²) in [6.45, 7) is 9.45. The quantitative estimate of drug-likeness (QED) is 0.770. The molecular weight excluding hydrogens is 242 g/mol. The van der Waals surface area contributed by atoms with Gasteiger partial charge in [-0.15, -0.1) is 0 Å². The lowest BCUT2D eigenvalue weighted by molar-refractivity contribution is 0.143. The molecule has 108 valence electrons. The average Bonchev–Trinajstić information content (AvgIpc) is 2.27. The number of aromatic nitrogens is 2. The van der Waals surface area contributed by atoms with E-state index in [2.05, 4.69) is 43.0 Å². The average molecular weight is 267 g/mol. The number of anilines is 1. The molecule has 1 rings (SSSR count). The maximum atomic E-state index is 5.57. The SMILES string of the molecule is CCCc1nc(NC(C)(C)C)cc(OCCOC)n1. The van der Waals surface area contributed by atoms with Gasteiger partial charge in [-0.25, -0.2) is 4.98 Å². The van der Waals surface area contributed by atoms with Crippen LogP contribution in [-0.4, -0.2) is 35.8 Å². The van der Waals surface area contributed by atoms with Crippen LogP contribution in [0.25, 0.3) is 0 Å². The summed E-state index contributed by atoms with van der Waals surface area (Å²) in [4.78, 5) is 8.90. The van der Waals surface area contributed by atoms with Crippen molar-refractivity contribution < 1.29 is 9.47 Å². The molecule has 0 aromatic carbocycles. The van der Waals surface area contributed by atoms with Crippen molar-refractivity contribution in [2.24, 2.45) is 0 Å². The fraction of sp³-hybridized carbons (Fsp3) is 0.714. The van der Waals surface area contributed by atoms with Gasteiger partial charge in [-0.1, -0.05) is 6.92 Å². The van der Waals surface area contributed by atoms with Gasteiger partial charge in [0.25, 0.3) is 0 Å². The molecule has 5 nitrogen and oxygen atoms in total. The molecule has 5 heteroatoms. The molecule has 0 amide bonds. The first-order valence-corrected chi connectivity index (χ1v) is 6.72. The number of nitrogens with one attached hydrogen (secondary N) is 1. The molecule has 1 N–H and O–H groups in total. The Kier molecular flexibility index (Phi) is 6.02. The van der Waals surface area contributed by atoms with Crippen LogP contribution in [0.5, 0.6) is 5.88 Å². The number of rotatable bonds is 7. The molecule has 0 unspecified atom stereocenters. The first kappa shape index (κ1) is 15.7. The minimum atomic E-state index is -0.0400. The summed E-state index contributed by atoms with van der Waals surface area (Å²) in [5.41, 5.74) is -0.0400. The second kappa shape index (κ2) is 7.28. The van der Waals surface area contributed by atoms with E-state index >= 15 is 0 Å². The van der Waals surface area contributed by atoms with Gasteiger partial charge < -0.3 is 14.8 Å². The topological polar surface area (TPSA) is 56.3 Å². The molecule has 19 heavy (non-hydrogen) atoms. The lowest BCUT2D eigenvalue weighted by Crippen LogP contribution is -2.27. The number of ether oxygens (including phenoxy) is 2. The fourth-order valence-electron chi connectivity index (χ4n) is 1.56. The molecule has 0 fully saturated rings. The fourth-order valence-corrected chi connectivity index (χ4v) is 1.56. The highest BCUT2D eigenvalue weighted by atomic mass is 16.5. The van der Waals surface area contributed by atoms with Crippen LogP contribution in [0.1, 0.15) is 39.9 Å². The van der Waals surface area contributed by atoms with Crippen molar-refractivity contribution in [2.75, 3.05) is 25.6 Å². The number of hydrogen-bond acceptors (Lipinski definition) is 5. The zero-order chi connectivity index (χ0) is 14.3. The van der Waals surface area contributed by atoms with E-state index < -0.39 is 0 Å². The summed E-state index contributed by atoms with van der Waals surface area (Å²) in [6.07, 6.45) is 1.86. The van der Waals surface area contributed by atoms with E-state index in [9.17, 15) is 0 Å². The van der Waals surface area contributed by atoms with Gasteiger partial charge >= 0.3 is 0 Å². The summed E-state index contributed by atoms with van der Waals surface area (Å²) >= 11 is 0. The number of nitrogens with zero attached hydrogens (tertiary/aromatic N) is 2. The predicted octanol–water partition coefficient (Wildman–Crippen LogP) is 2.66. The van der Waals surface area contributed by atoms with Crippen LogP contribution in [0, 0.1) is 0 Å². The number of hydrogen-bond donors (Lipinski definition) is 1. The lowest BCUT2D eigenvalue weighted by Gasteiger charge is -2.22. The van der Waals surface area contributed by atoms with Gasteiger partial charge in [0, 0.05) is 25.1 Å². The molecule has 0 aliphatic heterocycles. The van der Waals surface area contributed by atoms with E-state index in [1.807, 2.05) is 6.07 Å². The molecular formula is C14H25N3O2. The van der Waals surface area contributed by atoms with Gasteiger partial charge in [-0.3, -0.25) is 0 Å². The summed E-state index contributed by atoms with van der Waals surface area (Å²) in [5, 5.41) is 3.35. The van der Waals surface area contributed by atoms with Crippen molar-refractivity contribution in [3.05, 3.63) is 11.9 Å². The summed E-state index contributed by atoms with van der Waals surface area (Å²) < 4.78 is 10.5. The van der Waals surface area contributed by atoms with Gasteiger partial charge in [-0.05, 0) is 27.2 Å². The molecule has 1 aromatic rings. The monoisotopic (exact) mass is 267 g/mol. The van der Waals surface area contributed by atoms with E-state index in [0.29, 0.717) is 19.1 Å². The molecule has 0 bridgehead atoms. The van der Waals surface area contributed by atoms with Gasteiger partial charge in [0.15, 0.2) is 0 Å². The first-order valence-electron chi connectivity index (χ1n) is 6.72. The molecule has 0 saturated carbocycles. The Balaban J connectivity index is 2.83. The van der Waals surface area contributed by atoms with Crippen LogP contribution in [0.15, 0.2) is 6.07 Å². The summed E-state index contributed by atoms with van der Waals surface area (Å²) in [6, 6.07) is 1.83. The predicted molar refractivity (Wildman–Crippen MR) is 76.8 cm³/mol. The maximum Gasteiger partial charge on any atom is 0.218 e. The zero-order valence-corrected chi connectivity index (χ0v) is 12.6. The summed E-state index contributed by atoms with van der Waals surface area (Å²) in [7, 11) is 1.65. The third-order valence-electron chi connectivity index (χ3n) is 2.26. The van der Waals surface area contributed by atoms with Crippen LogP contribution in [-0.2, 0) is 11.2 Å². The van der Waals surface area contributed by atoms with E-state index in [-0.39, 0.29) is 5.54 Å². The zero-order valence-electron chi connectivity index (χ0n) is 12.6. The highest BCUT2D eigenvalue weighted by Gasteiger charge is 2.12. The minimum Gasteiger partial charge on any atom is -0.475 e. The third kappa shape index (κ3) is 6.38. The lowest BCUT2D eigenvalue weighted by atomic mass is 10.1. The van der Waals surface area contributed by atoms with Crippen LogP contribution in [0.2, 0.25) is 0 Å². The van der Waals surface area contributed by atoms with Crippen LogP contribution in [0.3, 0.4) is 0 Å². The first-order chi connectivity index (χ1) is 8.94. The number of methoxy groups -OCH3 is 1. The summed E-state index contributed by atoms with van der Waals surface area (Å²) in [5.74, 6) is 2.21. The Morgan fingerprint density at radius 2 is 1.95 bits per heavy atom. The number of aryl methyl sites for hydroxylation is 1. The van der Waals surface area contributed by atoms with Crippen molar-refractivity contribution in [1.82, 2.24) is 9.97 Å². The molecule has 0 aliphatic rings. The molecule has 0 aliphatic carbocycles. The third-order valence-corrected chi connectivity index (χ3v) is 2.26. The highest BCUT2D eigenvalue weighted by Crippen LogP contribution is 2.18. The van der Waals surface area contributed by atoms with Crippen molar-refractivity contribution in [3.63, 3.8) is 0 Å². The van der Waals surface area contributed by atoms with E-state index in [0.717, 1.165) is 24.5 Å². The standard InChI is InChI=1S/C14H25N3O2/c1-6-7-11-15-12(17-14(2,3)4)10-13(16-11)19-9-8-18-5/h10H,6-9H2,1-5H3,(H,15,16,17). The molecule has 0 radical (unpaired) electrons. The van der Waals surface area contributed by atoms with Crippen molar-refractivity contribution >= 4 is 5.82 Å². The molecule has 1 aromatic heterocycles. The Morgan fingerprint density at radius 3 is 2.53 bits per heavy atom. The Morgan fingerprint density at radius 1 is 1.21 bits per heavy atom. The Bertz CT molecular complexity index is 389. The van der Waals surface area contributed by atoms with E-state index in [1.54, 1.807) is 7.11 Å². The van der Waals surface area contributed by atoms with Gasteiger partial charge in [-0.2, -0.15) is 4.98 Å². The Hall–Kier alpha value is -1.36.